The average Bonchev–Trinajstić information content (AvgIpc) is 2.85. The van der Waals surface area contributed by atoms with Gasteiger partial charge in [0.25, 0.3) is 0 Å². The van der Waals surface area contributed by atoms with Gasteiger partial charge in [0.15, 0.2) is 0 Å². The van der Waals surface area contributed by atoms with Crippen LogP contribution in [-0.4, -0.2) is 18.4 Å². The van der Waals surface area contributed by atoms with Gasteiger partial charge in [-0.1, -0.05) is 36.5 Å². The molecule has 2 aliphatic carbocycles. The Labute approximate surface area is 112 Å². The van der Waals surface area contributed by atoms with Gasteiger partial charge in [-0.3, -0.25) is 4.99 Å². The Morgan fingerprint density at radius 1 is 1.11 bits per heavy atom. The van der Waals surface area contributed by atoms with E-state index in [1.165, 1.54) is 22.3 Å². The third kappa shape index (κ3) is 1.57. The second-order valence-corrected chi connectivity index (χ2v) is 4.48. The van der Waals surface area contributed by atoms with E-state index in [9.17, 15) is 0 Å². The smallest absolute Gasteiger partial charge is 0.111 e. The Balaban J connectivity index is 0.000001000. The highest BCUT2D eigenvalue weighted by atomic mass is 35.5. The van der Waals surface area contributed by atoms with Crippen molar-refractivity contribution in [3.63, 3.8) is 0 Å². The predicted molar refractivity (Wildman–Crippen MR) is 75.0 cm³/mol. The zero-order valence-electron chi connectivity index (χ0n) is 9.61. The van der Waals surface area contributed by atoms with E-state index in [2.05, 4.69) is 41.4 Å². The molecule has 0 saturated heterocycles. The number of hydrogen-bond donors (Lipinski definition) is 0. The minimum atomic E-state index is 0. The summed E-state index contributed by atoms with van der Waals surface area (Å²) < 4.78 is 6.14. The summed E-state index contributed by atoms with van der Waals surface area (Å²) in [5.74, 6) is 0. The molecule has 90 valence electrons. The fourth-order valence-corrected chi connectivity index (χ4v) is 2.56. The van der Waals surface area contributed by atoms with E-state index in [0.717, 1.165) is 0 Å². The minimum absolute atomic E-state index is 0. The van der Waals surface area contributed by atoms with Gasteiger partial charge in [-0.25, -0.2) is 0 Å². The summed E-state index contributed by atoms with van der Waals surface area (Å²) in [6.07, 6.45) is 18.7. The first-order valence-electron chi connectivity index (χ1n) is 5.79. The fourth-order valence-electron chi connectivity index (χ4n) is 2.56. The molecule has 18 heavy (non-hydrogen) atoms. The van der Waals surface area contributed by atoms with Crippen molar-refractivity contribution in [1.29, 1.82) is 0 Å². The van der Waals surface area contributed by atoms with E-state index in [0.29, 0.717) is 0 Å². The third-order valence-electron chi connectivity index (χ3n) is 3.43. The Kier molecular flexibility index (Phi) is 2.69. The molecule has 0 saturated carbocycles. The zero-order valence-corrected chi connectivity index (χ0v) is 10.4. The molecule has 0 fully saturated rings. The fraction of sp³-hybridized carbons (Fsp3) is 0.133. The SMILES string of the molecule is C1=CC2=CC3=CC=C4C=NC=C4C3OC2C=C1.Cl. The number of aliphatic imine (C=N–C) groups is 1. The van der Waals surface area contributed by atoms with Gasteiger partial charge in [0, 0.05) is 23.6 Å². The highest BCUT2D eigenvalue weighted by molar-refractivity contribution is 5.90. The number of allylic oxidation sites excluding steroid dienone is 4. The lowest BCUT2D eigenvalue weighted by Crippen LogP contribution is -2.31. The number of fused-ring (bicyclic) bond motifs is 4. The number of rotatable bonds is 0. The van der Waals surface area contributed by atoms with Crippen LogP contribution in [-0.2, 0) is 4.74 Å². The molecule has 0 aromatic heterocycles. The molecule has 0 spiro atoms. The van der Waals surface area contributed by atoms with E-state index < -0.39 is 0 Å². The third-order valence-corrected chi connectivity index (χ3v) is 3.43. The van der Waals surface area contributed by atoms with E-state index in [-0.39, 0.29) is 24.6 Å². The Morgan fingerprint density at radius 2 is 2.06 bits per heavy atom. The molecule has 0 N–H and O–H groups in total. The minimum Gasteiger partial charge on any atom is -0.357 e. The van der Waals surface area contributed by atoms with Gasteiger partial charge < -0.3 is 4.74 Å². The zero-order chi connectivity index (χ0) is 11.2. The second-order valence-electron chi connectivity index (χ2n) is 4.48. The van der Waals surface area contributed by atoms with Crippen molar-refractivity contribution in [2.24, 2.45) is 4.99 Å². The first-order chi connectivity index (χ1) is 8.42. The molecule has 2 heterocycles. The van der Waals surface area contributed by atoms with Crippen LogP contribution >= 0.6 is 12.4 Å². The van der Waals surface area contributed by atoms with Crippen LogP contribution in [0.2, 0.25) is 0 Å². The molecule has 2 atom stereocenters. The van der Waals surface area contributed by atoms with Crippen LogP contribution in [0.15, 0.2) is 76.0 Å². The number of hydrogen-bond acceptors (Lipinski definition) is 2. The maximum atomic E-state index is 6.14. The van der Waals surface area contributed by atoms with Gasteiger partial charge in [0.1, 0.15) is 12.2 Å². The lowest BCUT2D eigenvalue weighted by molar-refractivity contribution is 0.0731. The highest BCUT2D eigenvalue weighted by Crippen LogP contribution is 2.36. The summed E-state index contributed by atoms with van der Waals surface area (Å²) in [6, 6.07) is 0. The van der Waals surface area contributed by atoms with Gasteiger partial charge in [0.05, 0.1) is 0 Å². The first-order valence-corrected chi connectivity index (χ1v) is 5.79. The van der Waals surface area contributed by atoms with E-state index >= 15 is 0 Å². The quantitative estimate of drug-likeness (QED) is 0.654. The second kappa shape index (κ2) is 4.23. The summed E-state index contributed by atoms with van der Waals surface area (Å²) >= 11 is 0. The maximum Gasteiger partial charge on any atom is 0.111 e. The molecule has 4 rings (SSSR count). The highest BCUT2D eigenvalue weighted by Gasteiger charge is 2.32. The van der Waals surface area contributed by atoms with Crippen LogP contribution in [0, 0.1) is 0 Å². The van der Waals surface area contributed by atoms with Crippen LogP contribution < -0.4 is 0 Å². The van der Waals surface area contributed by atoms with Crippen LogP contribution in [0.5, 0.6) is 0 Å². The molecule has 2 nitrogen and oxygen atoms in total. The number of halogens is 1. The summed E-state index contributed by atoms with van der Waals surface area (Å²) in [5, 5.41) is 0. The number of nitrogens with zero attached hydrogens (tertiary/aromatic N) is 1. The van der Waals surface area contributed by atoms with Gasteiger partial charge in [-0.15, -0.1) is 12.4 Å². The van der Waals surface area contributed by atoms with Crippen molar-refractivity contribution in [2.45, 2.75) is 12.2 Å². The van der Waals surface area contributed by atoms with E-state index in [1.54, 1.807) is 0 Å². The molecule has 0 aromatic rings. The van der Waals surface area contributed by atoms with Gasteiger partial charge in [0.2, 0.25) is 0 Å². The monoisotopic (exact) mass is 257 g/mol. The lowest BCUT2D eigenvalue weighted by Gasteiger charge is -2.33. The van der Waals surface area contributed by atoms with E-state index in [1.807, 2.05) is 18.5 Å². The summed E-state index contributed by atoms with van der Waals surface area (Å²) in [6.45, 7) is 0. The van der Waals surface area contributed by atoms with Crippen molar-refractivity contribution in [2.75, 3.05) is 0 Å². The lowest BCUT2D eigenvalue weighted by atomic mass is 9.86. The van der Waals surface area contributed by atoms with Gasteiger partial charge >= 0.3 is 0 Å². The van der Waals surface area contributed by atoms with Crippen molar-refractivity contribution in [3.8, 4) is 0 Å². The summed E-state index contributed by atoms with van der Waals surface area (Å²) in [4.78, 5) is 4.20. The molecule has 4 aliphatic rings. The normalized spacial score (nSPS) is 30.2. The predicted octanol–water partition coefficient (Wildman–Crippen LogP) is 3.06. The van der Waals surface area contributed by atoms with E-state index in [4.69, 9.17) is 4.74 Å². The van der Waals surface area contributed by atoms with Crippen LogP contribution in [0.25, 0.3) is 0 Å². The standard InChI is InChI=1S/C15H11NO.ClH/c1-2-4-14-10(3-1)7-11-5-6-12-8-16-9-13(12)15(11)17-14;/h1-9,14-15H;1H. The van der Waals surface area contributed by atoms with Crippen molar-refractivity contribution in [3.05, 3.63) is 71.0 Å². The Bertz CT molecular complexity index is 602. The van der Waals surface area contributed by atoms with Crippen molar-refractivity contribution in [1.82, 2.24) is 0 Å². The van der Waals surface area contributed by atoms with Crippen molar-refractivity contribution < 1.29 is 4.74 Å². The molecule has 3 heteroatoms. The maximum absolute atomic E-state index is 6.14. The molecular weight excluding hydrogens is 246 g/mol. The summed E-state index contributed by atoms with van der Waals surface area (Å²) in [7, 11) is 0. The average molecular weight is 258 g/mol. The molecule has 0 bridgehead atoms. The summed E-state index contributed by atoms with van der Waals surface area (Å²) in [5.41, 5.74) is 4.80. The molecule has 0 radical (unpaired) electrons. The largest absolute Gasteiger partial charge is 0.357 e. The van der Waals surface area contributed by atoms with Crippen LogP contribution in [0.3, 0.4) is 0 Å². The first kappa shape index (κ1) is 11.5. The Morgan fingerprint density at radius 3 is 3.00 bits per heavy atom. The van der Waals surface area contributed by atoms with Crippen LogP contribution in [0.4, 0.5) is 0 Å². The molecule has 0 aromatic carbocycles. The van der Waals surface area contributed by atoms with Crippen molar-refractivity contribution >= 4 is 18.6 Å². The molecule has 2 unspecified atom stereocenters. The van der Waals surface area contributed by atoms with Gasteiger partial charge in [-0.05, 0) is 17.2 Å². The molecular formula is C15H12ClNO. The molecule has 0 amide bonds. The van der Waals surface area contributed by atoms with Crippen LogP contribution in [0.1, 0.15) is 0 Å². The topological polar surface area (TPSA) is 21.6 Å². The number of ether oxygens (including phenoxy) is 1. The molecule has 2 aliphatic heterocycles. The van der Waals surface area contributed by atoms with Gasteiger partial charge in [-0.2, -0.15) is 0 Å². The Hall–Kier alpha value is -1.64.